The van der Waals surface area contributed by atoms with E-state index in [2.05, 4.69) is 38.5 Å². The van der Waals surface area contributed by atoms with Crippen LogP contribution < -0.4 is 4.74 Å². The molecule has 1 aliphatic heterocycles. The van der Waals surface area contributed by atoms with E-state index in [0.29, 0.717) is 17.3 Å². The average molecular weight is 656 g/mol. The molecule has 0 spiro atoms. The lowest BCUT2D eigenvalue weighted by Crippen LogP contribution is -2.27. The van der Waals surface area contributed by atoms with Gasteiger partial charge in [-0.3, -0.25) is 14.5 Å². The number of rotatable bonds is 6. The van der Waals surface area contributed by atoms with E-state index in [1.807, 2.05) is 84.9 Å². The minimum absolute atomic E-state index is 0.234. The largest absolute Gasteiger partial charge is 0.488 e. The number of benzene rings is 4. The Balaban J connectivity index is 1.39. The lowest BCUT2D eigenvalue weighted by molar-refractivity contribution is -0.123. The summed E-state index contributed by atoms with van der Waals surface area (Å²) in [6, 6.07) is 27.7. The number of nitrogens with zero attached hydrogens (tertiary/aromatic N) is 1. The molecule has 1 saturated heterocycles. The number of imide groups is 1. The van der Waals surface area contributed by atoms with E-state index in [4.69, 9.17) is 4.74 Å². The summed E-state index contributed by atoms with van der Waals surface area (Å²) in [4.78, 5) is 27.7. The van der Waals surface area contributed by atoms with Crippen LogP contribution in [0.1, 0.15) is 16.7 Å². The molecule has 0 atom stereocenters. The zero-order chi connectivity index (χ0) is 24.4. The monoisotopic (exact) mass is 655 g/mol. The van der Waals surface area contributed by atoms with Gasteiger partial charge < -0.3 is 4.74 Å². The number of hydrogen-bond acceptors (Lipinski definition) is 4. The number of amides is 2. The smallest absolute Gasteiger partial charge is 0.293 e. The fourth-order valence-electron chi connectivity index (χ4n) is 3.88. The fraction of sp³-hybridized carbons (Fsp3) is 0.0714. The van der Waals surface area contributed by atoms with Gasteiger partial charge in [-0.05, 0) is 92.7 Å². The molecular weight excluding hydrogens is 637 g/mol. The predicted octanol–water partition coefficient (Wildman–Crippen LogP) is 8.02. The standard InChI is InChI=1S/C28H19BrINO3S/c29-22-10-13-25(34-17-18-8-11-23(30)12-9-18)21(14-22)15-26-27(32)31(28(33)35-26)16-20-6-3-5-19-4-1-2-7-24(19)20/h1-15H,16-17H2/b26-15+. The highest BCUT2D eigenvalue weighted by molar-refractivity contribution is 14.1. The van der Waals surface area contributed by atoms with Crippen LogP contribution in [0.15, 0.2) is 94.3 Å². The molecular formula is C28H19BrINO3S. The minimum atomic E-state index is -0.295. The molecule has 35 heavy (non-hydrogen) atoms. The third-order valence-corrected chi connectivity index (χ3v) is 7.77. The highest BCUT2D eigenvalue weighted by Gasteiger charge is 2.35. The molecule has 1 fully saturated rings. The van der Waals surface area contributed by atoms with Crippen LogP contribution in [0.5, 0.6) is 5.75 Å². The lowest BCUT2D eigenvalue weighted by atomic mass is 10.0. The number of carbonyl (C=O) groups excluding carboxylic acids is 2. The van der Waals surface area contributed by atoms with E-state index in [1.165, 1.54) is 4.90 Å². The highest BCUT2D eigenvalue weighted by atomic mass is 127. The van der Waals surface area contributed by atoms with Gasteiger partial charge in [0.05, 0.1) is 11.4 Å². The van der Waals surface area contributed by atoms with Crippen molar-refractivity contribution in [1.82, 2.24) is 4.90 Å². The van der Waals surface area contributed by atoms with Gasteiger partial charge in [0.1, 0.15) is 12.4 Å². The average Bonchev–Trinajstić information content (AvgIpc) is 3.12. The van der Waals surface area contributed by atoms with Crippen LogP contribution in [0.2, 0.25) is 0 Å². The maximum absolute atomic E-state index is 13.2. The molecule has 2 amide bonds. The van der Waals surface area contributed by atoms with Gasteiger partial charge in [-0.2, -0.15) is 0 Å². The molecule has 4 aromatic carbocycles. The van der Waals surface area contributed by atoms with Gasteiger partial charge in [-0.25, -0.2) is 0 Å². The third-order valence-electron chi connectivity index (χ3n) is 5.65. The van der Waals surface area contributed by atoms with Crippen molar-refractivity contribution in [1.29, 1.82) is 0 Å². The van der Waals surface area contributed by atoms with Crippen molar-refractivity contribution >= 4 is 78.3 Å². The fourth-order valence-corrected chi connectivity index (χ4v) is 5.45. The van der Waals surface area contributed by atoms with Gasteiger partial charge in [0, 0.05) is 13.6 Å². The number of carbonyl (C=O) groups is 2. The first-order valence-corrected chi connectivity index (χ1v) is 13.6. The van der Waals surface area contributed by atoms with Crippen molar-refractivity contribution in [3.05, 3.63) is 115 Å². The van der Waals surface area contributed by atoms with Crippen molar-refractivity contribution in [2.45, 2.75) is 13.2 Å². The van der Waals surface area contributed by atoms with Gasteiger partial charge in [0.2, 0.25) is 0 Å². The van der Waals surface area contributed by atoms with E-state index in [0.717, 1.165) is 47.3 Å². The summed E-state index contributed by atoms with van der Waals surface area (Å²) in [5, 5.41) is 1.85. The second kappa shape index (κ2) is 10.6. The number of thioether (sulfide) groups is 1. The summed E-state index contributed by atoms with van der Waals surface area (Å²) in [6.07, 6.45) is 1.74. The van der Waals surface area contributed by atoms with Gasteiger partial charge in [-0.1, -0.05) is 70.5 Å². The number of halogens is 2. The molecule has 4 nitrogen and oxygen atoms in total. The zero-order valence-corrected chi connectivity index (χ0v) is 23.0. The predicted molar refractivity (Wildman–Crippen MR) is 153 cm³/mol. The highest BCUT2D eigenvalue weighted by Crippen LogP contribution is 2.36. The van der Waals surface area contributed by atoms with E-state index < -0.39 is 0 Å². The summed E-state index contributed by atoms with van der Waals surface area (Å²) in [6.45, 7) is 0.639. The third kappa shape index (κ3) is 5.47. The summed E-state index contributed by atoms with van der Waals surface area (Å²) in [5.41, 5.74) is 2.73. The zero-order valence-electron chi connectivity index (χ0n) is 18.4. The molecule has 0 unspecified atom stereocenters. The molecule has 0 radical (unpaired) electrons. The lowest BCUT2D eigenvalue weighted by Gasteiger charge is -2.14. The normalized spacial score (nSPS) is 14.8. The molecule has 7 heteroatoms. The molecule has 0 aromatic heterocycles. The molecule has 0 N–H and O–H groups in total. The van der Waals surface area contributed by atoms with Gasteiger partial charge in [-0.15, -0.1) is 0 Å². The maximum Gasteiger partial charge on any atom is 0.293 e. The van der Waals surface area contributed by atoms with Gasteiger partial charge >= 0.3 is 0 Å². The van der Waals surface area contributed by atoms with Crippen LogP contribution >= 0.6 is 50.3 Å². The first-order valence-electron chi connectivity index (χ1n) is 10.9. The first kappa shape index (κ1) is 24.1. The quantitative estimate of drug-likeness (QED) is 0.156. The Kier molecular flexibility index (Phi) is 7.27. The molecule has 1 heterocycles. The summed E-state index contributed by atoms with van der Waals surface area (Å²) >= 11 is 6.73. The molecule has 0 bridgehead atoms. The van der Waals surface area contributed by atoms with Crippen LogP contribution in [-0.2, 0) is 17.9 Å². The Hall–Kier alpha value is -2.62. The van der Waals surface area contributed by atoms with Crippen LogP contribution in [0, 0.1) is 3.57 Å². The van der Waals surface area contributed by atoms with E-state index >= 15 is 0 Å². The summed E-state index contributed by atoms with van der Waals surface area (Å²) in [5.74, 6) is 0.351. The van der Waals surface area contributed by atoms with E-state index in [1.54, 1.807) is 6.08 Å². The SMILES string of the molecule is O=C1S/C(=C/c2cc(Br)ccc2OCc2ccc(I)cc2)C(=O)N1Cc1cccc2ccccc12. The van der Waals surface area contributed by atoms with Gasteiger partial charge in [0.25, 0.3) is 11.1 Å². The van der Waals surface area contributed by atoms with Crippen LogP contribution in [-0.4, -0.2) is 16.0 Å². The van der Waals surface area contributed by atoms with Gasteiger partial charge in [0.15, 0.2) is 0 Å². The molecule has 4 aromatic rings. The van der Waals surface area contributed by atoms with Crippen molar-refractivity contribution in [2.75, 3.05) is 0 Å². The Bertz CT molecular complexity index is 1460. The van der Waals surface area contributed by atoms with Crippen LogP contribution in [0.25, 0.3) is 16.8 Å². The molecule has 1 aliphatic rings. The Morgan fingerprint density at radius 2 is 1.71 bits per heavy atom. The first-order chi connectivity index (χ1) is 17.0. The van der Waals surface area contributed by atoms with E-state index in [-0.39, 0.29) is 17.7 Å². The second-order valence-corrected chi connectivity index (χ2v) is 11.2. The molecule has 174 valence electrons. The van der Waals surface area contributed by atoms with Crippen LogP contribution in [0.3, 0.4) is 0 Å². The molecule has 0 aliphatic carbocycles. The Morgan fingerprint density at radius 1 is 0.943 bits per heavy atom. The minimum Gasteiger partial charge on any atom is -0.488 e. The number of ether oxygens (including phenoxy) is 1. The number of hydrogen-bond donors (Lipinski definition) is 0. The topological polar surface area (TPSA) is 46.6 Å². The Labute approximate surface area is 229 Å². The van der Waals surface area contributed by atoms with Crippen molar-refractivity contribution < 1.29 is 14.3 Å². The maximum atomic E-state index is 13.2. The van der Waals surface area contributed by atoms with Crippen molar-refractivity contribution in [3.63, 3.8) is 0 Å². The molecule has 5 rings (SSSR count). The Morgan fingerprint density at radius 3 is 2.54 bits per heavy atom. The summed E-state index contributed by atoms with van der Waals surface area (Å²) in [7, 11) is 0. The number of fused-ring (bicyclic) bond motifs is 1. The van der Waals surface area contributed by atoms with E-state index in [9.17, 15) is 9.59 Å². The summed E-state index contributed by atoms with van der Waals surface area (Å²) < 4.78 is 8.10. The molecule has 0 saturated carbocycles. The van der Waals surface area contributed by atoms with Crippen LogP contribution in [0.4, 0.5) is 4.79 Å². The van der Waals surface area contributed by atoms with Crippen molar-refractivity contribution in [2.24, 2.45) is 0 Å². The second-order valence-electron chi connectivity index (χ2n) is 8.00. The van der Waals surface area contributed by atoms with Crippen molar-refractivity contribution in [3.8, 4) is 5.75 Å².